The minimum atomic E-state index is -3.31. The van der Waals surface area contributed by atoms with Crippen LogP contribution in [0.15, 0.2) is 65.7 Å². The maximum Gasteiger partial charge on any atom is 0.413 e. The summed E-state index contributed by atoms with van der Waals surface area (Å²) in [5.74, 6) is 0.376. The second-order valence-corrected chi connectivity index (χ2v) is 12.9. The molecule has 0 aliphatic carbocycles. The molecule has 12 heteroatoms. The second kappa shape index (κ2) is 11.4. The van der Waals surface area contributed by atoms with Crippen LogP contribution in [-0.4, -0.2) is 48.9 Å². The molecule has 10 nitrogen and oxygen atoms in total. The average molecular weight is 568 g/mol. The van der Waals surface area contributed by atoms with Crippen molar-refractivity contribution in [3.05, 3.63) is 66.4 Å². The van der Waals surface area contributed by atoms with E-state index < -0.39 is 21.5 Å². The molecule has 3 amide bonds. The number of nitrogens with one attached hydrogen (secondary N) is 3. The molecule has 39 heavy (non-hydrogen) atoms. The van der Waals surface area contributed by atoms with Gasteiger partial charge in [0.25, 0.3) is 0 Å². The Morgan fingerprint density at radius 2 is 1.77 bits per heavy atom. The Morgan fingerprint density at radius 3 is 2.46 bits per heavy atom. The van der Waals surface area contributed by atoms with Crippen molar-refractivity contribution in [2.24, 2.45) is 0 Å². The molecule has 2 aromatic carbocycles. The van der Waals surface area contributed by atoms with Crippen molar-refractivity contribution in [2.75, 3.05) is 23.4 Å². The van der Waals surface area contributed by atoms with Gasteiger partial charge in [-0.25, -0.2) is 28.0 Å². The zero-order valence-electron chi connectivity index (χ0n) is 21.9. The summed E-state index contributed by atoms with van der Waals surface area (Å²) in [6.07, 6.45) is 2.78. The van der Waals surface area contributed by atoms with E-state index in [4.69, 9.17) is 4.74 Å². The fraction of sp³-hybridized carbons (Fsp3) is 0.259. The predicted octanol–water partition coefficient (Wildman–Crippen LogP) is 5.47. The third kappa shape index (κ3) is 7.98. The minimum Gasteiger partial charge on any atom is -0.444 e. The molecule has 0 saturated heterocycles. The van der Waals surface area contributed by atoms with Crippen molar-refractivity contribution in [1.82, 2.24) is 15.3 Å². The maximum atomic E-state index is 12.4. The van der Waals surface area contributed by atoms with Gasteiger partial charge >= 0.3 is 12.1 Å². The SMILES string of the molecule is CC(C)(C)OC(=O)Nc1ccc(CCNC(=O)Nc2nc3ccc(-c4cccc(S(C)(=O)=O)c4)cc3s2)cn1. The summed E-state index contributed by atoms with van der Waals surface area (Å²) in [5, 5.41) is 8.58. The van der Waals surface area contributed by atoms with Gasteiger partial charge in [0, 0.05) is 19.0 Å². The number of nitrogens with zero attached hydrogens (tertiary/aromatic N) is 2. The van der Waals surface area contributed by atoms with Gasteiger partial charge in [-0.15, -0.1) is 0 Å². The summed E-state index contributed by atoms with van der Waals surface area (Å²) in [6.45, 7) is 5.72. The lowest BCUT2D eigenvalue weighted by Gasteiger charge is -2.19. The van der Waals surface area contributed by atoms with Crippen molar-refractivity contribution < 1.29 is 22.7 Å². The normalized spacial score (nSPS) is 11.7. The van der Waals surface area contributed by atoms with Gasteiger partial charge in [-0.05, 0) is 74.2 Å². The summed E-state index contributed by atoms with van der Waals surface area (Å²) < 4.78 is 29.9. The number of carbonyl (C=O) groups is 2. The zero-order chi connectivity index (χ0) is 28.2. The predicted molar refractivity (Wildman–Crippen MR) is 153 cm³/mol. The lowest BCUT2D eigenvalue weighted by molar-refractivity contribution is 0.0635. The van der Waals surface area contributed by atoms with Gasteiger partial charge in [-0.1, -0.05) is 35.6 Å². The number of anilines is 2. The van der Waals surface area contributed by atoms with Crippen molar-refractivity contribution in [3.8, 4) is 11.1 Å². The van der Waals surface area contributed by atoms with Gasteiger partial charge < -0.3 is 10.1 Å². The van der Waals surface area contributed by atoms with Gasteiger partial charge in [0.15, 0.2) is 15.0 Å². The first-order valence-electron chi connectivity index (χ1n) is 12.1. The van der Waals surface area contributed by atoms with Gasteiger partial charge in [0.05, 0.1) is 15.1 Å². The van der Waals surface area contributed by atoms with Crippen LogP contribution in [0.4, 0.5) is 20.5 Å². The van der Waals surface area contributed by atoms with Crippen LogP contribution in [0.2, 0.25) is 0 Å². The highest BCUT2D eigenvalue weighted by Gasteiger charge is 2.16. The first-order valence-corrected chi connectivity index (χ1v) is 14.8. The van der Waals surface area contributed by atoms with Crippen LogP contribution in [0.5, 0.6) is 0 Å². The number of hydrogen-bond donors (Lipinski definition) is 3. The van der Waals surface area contributed by atoms with E-state index in [1.165, 1.54) is 17.6 Å². The fourth-order valence-corrected chi connectivity index (χ4v) is 5.15. The molecule has 0 aliphatic heterocycles. The van der Waals surface area contributed by atoms with Crippen LogP contribution in [0.3, 0.4) is 0 Å². The Labute approximate surface area is 230 Å². The van der Waals surface area contributed by atoms with Gasteiger partial charge in [0.2, 0.25) is 0 Å². The molecule has 0 atom stereocenters. The molecule has 0 saturated carbocycles. The summed E-state index contributed by atoms with van der Waals surface area (Å²) in [4.78, 5) is 33.2. The third-order valence-electron chi connectivity index (χ3n) is 5.36. The lowest BCUT2D eigenvalue weighted by atomic mass is 10.1. The summed E-state index contributed by atoms with van der Waals surface area (Å²) in [7, 11) is -3.31. The molecule has 0 unspecified atom stereocenters. The number of fused-ring (bicyclic) bond motifs is 1. The van der Waals surface area contributed by atoms with Crippen LogP contribution in [-0.2, 0) is 21.0 Å². The molecule has 2 heterocycles. The maximum absolute atomic E-state index is 12.4. The molecule has 204 valence electrons. The third-order valence-corrected chi connectivity index (χ3v) is 7.40. The first kappa shape index (κ1) is 28.0. The monoisotopic (exact) mass is 567 g/mol. The lowest BCUT2D eigenvalue weighted by Crippen LogP contribution is -2.30. The number of aromatic nitrogens is 2. The largest absolute Gasteiger partial charge is 0.444 e. The van der Waals surface area contributed by atoms with Crippen molar-refractivity contribution in [2.45, 2.75) is 37.7 Å². The number of amides is 3. The summed E-state index contributed by atoms with van der Waals surface area (Å²) in [5.41, 5.74) is 2.65. The molecule has 3 N–H and O–H groups in total. The molecule has 0 radical (unpaired) electrons. The molecule has 0 aliphatic rings. The van der Waals surface area contributed by atoms with Crippen LogP contribution in [0, 0.1) is 0 Å². The molecule has 4 rings (SSSR count). The molecule has 0 spiro atoms. The van der Waals surface area contributed by atoms with Crippen LogP contribution in [0.25, 0.3) is 21.3 Å². The molecule has 0 bridgehead atoms. The Balaban J connectivity index is 1.30. The van der Waals surface area contributed by atoms with Gasteiger partial charge in [-0.3, -0.25) is 10.6 Å². The second-order valence-electron chi connectivity index (χ2n) is 9.81. The fourth-order valence-electron chi connectivity index (χ4n) is 3.58. The van der Waals surface area contributed by atoms with Crippen molar-refractivity contribution in [1.29, 1.82) is 0 Å². The number of ether oxygens (including phenoxy) is 1. The average Bonchev–Trinajstić information content (AvgIpc) is 3.25. The number of benzene rings is 2. The molecule has 4 aromatic rings. The number of rotatable bonds is 7. The Kier molecular flexibility index (Phi) is 8.17. The Bertz CT molecular complexity index is 1610. The van der Waals surface area contributed by atoms with E-state index >= 15 is 0 Å². The standard InChI is InChI=1S/C27H29N5O5S2/c1-27(2,3)37-26(34)31-23-11-8-17(16-29-23)12-13-28-24(33)32-25-30-21-10-9-19(15-22(21)38-25)18-6-5-7-20(14-18)39(4,35)36/h5-11,14-16H,12-13H2,1-4H3,(H,29,31,34)(H2,28,30,32,33). The Hall–Kier alpha value is -4.03. The van der Waals surface area contributed by atoms with E-state index in [9.17, 15) is 18.0 Å². The molecular weight excluding hydrogens is 538 g/mol. The summed E-state index contributed by atoms with van der Waals surface area (Å²) >= 11 is 1.33. The van der Waals surface area contributed by atoms with E-state index in [0.29, 0.717) is 23.9 Å². The number of thiazole rings is 1. The number of pyridine rings is 1. The quantitative estimate of drug-likeness (QED) is 0.269. The molecular formula is C27H29N5O5S2. The van der Waals surface area contributed by atoms with Crippen LogP contribution in [0.1, 0.15) is 26.3 Å². The Morgan fingerprint density at radius 1 is 1.00 bits per heavy atom. The molecule has 2 aromatic heterocycles. The zero-order valence-corrected chi connectivity index (χ0v) is 23.6. The van der Waals surface area contributed by atoms with Crippen molar-refractivity contribution in [3.63, 3.8) is 0 Å². The highest BCUT2D eigenvalue weighted by Crippen LogP contribution is 2.31. The first-order chi connectivity index (χ1) is 18.4. The summed E-state index contributed by atoms with van der Waals surface area (Å²) in [6, 6.07) is 15.5. The van der Waals surface area contributed by atoms with E-state index in [1.54, 1.807) is 51.2 Å². The van der Waals surface area contributed by atoms with E-state index in [1.807, 2.05) is 30.3 Å². The number of hydrogen-bond acceptors (Lipinski definition) is 8. The number of carbonyl (C=O) groups excluding carboxylic acids is 2. The molecule has 0 fully saturated rings. The van der Waals surface area contributed by atoms with Gasteiger partial charge in [-0.2, -0.15) is 0 Å². The van der Waals surface area contributed by atoms with E-state index in [-0.39, 0.29) is 10.9 Å². The number of sulfone groups is 1. The van der Waals surface area contributed by atoms with Crippen LogP contribution >= 0.6 is 11.3 Å². The number of urea groups is 1. The van der Waals surface area contributed by atoms with E-state index in [2.05, 4.69) is 25.9 Å². The van der Waals surface area contributed by atoms with E-state index in [0.717, 1.165) is 26.9 Å². The van der Waals surface area contributed by atoms with Gasteiger partial charge in [0.1, 0.15) is 11.4 Å². The highest BCUT2D eigenvalue weighted by molar-refractivity contribution is 7.90. The topological polar surface area (TPSA) is 139 Å². The van der Waals surface area contributed by atoms with Crippen LogP contribution < -0.4 is 16.0 Å². The van der Waals surface area contributed by atoms with Crippen molar-refractivity contribution >= 4 is 54.5 Å². The smallest absolute Gasteiger partial charge is 0.413 e. The highest BCUT2D eigenvalue weighted by atomic mass is 32.2. The minimum absolute atomic E-state index is 0.257.